The first-order valence-corrected chi connectivity index (χ1v) is 13.1. The molecule has 3 N–H and O–H groups in total. The molecule has 1 saturated heterocycles. The molecule has 206 valence electrons. The maximum absolute atomic E-state index is 14.3. The van der Waals surface area contributed by atoms with E-state index in [1.165, 1.54) is 6.92 Å². The van der Waals surface area contributed by atoms with Crippen LogP contribution in [0.1, 0.15) is 57.8 Å². The monoisotopic (exact) mass is 528 g/mol. The van der Waals surface area contributed by atoms with Crippen molar-refractivity contribution in [2.24, 2.45) is 22.7 Å². The zero-order chi connectivity index (χ0) is 27.8. The number of hydrogen-bond acceptors (Lipinski definition) is 9. The van der Waals surface area contributed by atoms with E-state index in [2.05, 4.69) is 0 Å². The fourth-order valence-corrected chi connectivity index (χ4v) is 7.73. The van der Waals surface area contributed by atoms with Gasteiger partial charge in [-0.25, -0.2) is 4.79 Å². The summed E-state index contributed by atoms with van der Waals surface area (Å²) in [5.74, 6) is -3.54. The molecule has 3 fully saturated rings. The van der Waals surface area contributed by atoms with Crippen LogP contribution in [0.25, 0.3) is 0 Å². The van der Waals surface area contributed by atoms with Gasteiger partial charge in [-0.1, -0.05) is 32.0 Å². The fourth-order valence-electron chi connectivity index (χ4n) is 7.73. The summed E-state index contributed by atoms with van der Waals surface area (Å²) in [5, 5.41) is 34.1. The molecule has 3 aliphatic carbocycles. The zero-order valence-electron chi connectivity index (χ0n) is 22.3. The summed E-state index contributed by atoms with van der Waals surface area (Å²) in [7, 11) is 0. The Balaban J connectivity index is 1.77. The number of carbonyl (C=O) groups is 3. The van der Waals surface area contributed by atoms with Crippen molar-refractivity contribution in [2.45, 2.75) is 83.6 Å². The number of hydrogen-bond donors (Lipinski definition) is 3. The van der Waals surface area contributed by atoms with Crippen molar-refractivity contribution in [3.05, 3.63) is 47.0 Å². The van der Waals surface area contributed by atoms with Gasteiger partial charge in [0.25, 0.3) is 0 Å². The number of fused-ring (bicyclic) bond motifs is 5. The molecular formula is C29H36O9. The van der Waals surface area contributed by atoms with Crippen LogP contribution < -0.4 is 0 Å². The molecule has 1 aromatic carbocycles. The Morgan fingerprint density at radius 2 is 1.71 bits per heavy atom. The van der Waals surface area contributed by atoms with Gasteiger partial charge in [0, 0.05) is 19.3 Å². The lowest BCUT2D eigenvalue weighted by Crippen LogP contribution is -2.79. The molecule has 3 unspecified atom stereocenters. The number of aliphatic hydroxyl groups excluding tert-OH is 3. The molecule has 9 heteroatoms. The highest BCUT2D eigenvalue weighted by Gasteiger charge is 2.75. The van der Waals surface area contributed by atoms with Crippen LogP contribution in [0.3, 0.4) is 0 Å². The second-order valence-corrected chi connectivity index (χ2v) is 12.0. The summed E-state index contributed by atoms with van der Waals surface area (Å²) in [6, 6.07) is 8.41. The van der Waals surface area contributed by atoms with Gasteiger partial charge in [0.1, 0.15) is 18.3 Å². The second-order valence-electron chi connectivity index (χ2n) is 12.0. The van der Waals surface area contributed by atoms with Gasteiger partial charge >= 0.3 is 11.9 Å². The summed E-state index contributed by atoms with van der Waals surface area (Å²) in [5.41, 5.74) is -2.76. The first-order valence-electron chi connectivity index (χ1n) is 13.1. The topological polar surface area (TPSA) is 140 Å². The third-order valence-corrected chi connectivity index (χ3v) is 9.74. The average molecular weight is 529 g/mol. The molecule has 38 heavy (non-hydrogen) atoms. The lowest BCUT2D eigenvalue weighted by Gasteiger charge is -2.65. The summed E-state index contributed by atoms with van der Waals surface area (Å²) in [4.78, 5) is 40.2. The highest BCUT2D eigenvalue weighted by atomic mass is 16.6. The number of ether oxygens (including phenoxy) is 3. The molecule has 2 saturated carbocycles. The number of Topliss-reactive ketones (excluding diaryl/α,β-unsaturated/α-hetero) is 1. The van der Waals surface area contributed by atoms with Gasteiger partial charge in [-0.05, 0) is 49.0 Å². The Bertz CT molecular complexity index is 1190. The summed E-state index contributed by atoms with van der Waals surface area (Å²) in [6.07, 6.45) is -5.48. The van der Waals surface area contributed by atoms with Gasteiger partial charge in [0.05, 0.1) is 35.7 Å². The fraction of sp³-hybridized carbons (Fsp3) is 0.621. The molecule has 0 aromatic heterocycles. The predicted molar refractivity (Wildman–Crippen MR) is 134 cm³/mol. The van der Waals surface area contributed by atoms with Crippen molar-refractivity contribution in [1.82, 2.24) is 0 Å². The molecular weight excluding hydrogens is 492 g/mol. The summed E-state index contributed by atoms with van der Waals surface area (Å²) < 4.78 is 18.0. The van der Waals surface area contributed by atoms with Crippen LogP contribution in [-0.4, -0.2) is 75.8 Å². The molecule has 2 bridgehead atoms. The molecule has 5 rings (SSSR count). The van der Waals surface area contributed by atoms with E-state index in [1.54, 1.807) is 44.2 Å². The quantitative estimate of drug-likeness (QED) is 0.397. The van der Waals surface area contributed by atoms with Gasteiger partial charge in [-0.3, -0.25) is 9.59 Å². The van der Waals surface area contributed by atoms with Crippen molar-refractivity contribution in [3.8, 4) is 0 Å². The van der Waals surface area contributed by atoms with Gasteiger partial charge in [0.15, 0.2) is 11.4 Å². The molecule has 4 aliphatic rings. The van der Waals surface area contributed by atoms with E-state index in [0.717, 1.165) is 0 Å². The molecule has 1 aromatic rings. The molecule has 9 nitrogen and oxygen atoms in total. The third kappa shape index (κ3) is 3.62. The van der Waals surface area contributed by atoms with Crippen LogP contribution in [0.2, 0.25) is 0 Å². The molecule has 0 spiro atoms. The van der Waals surface area contributed by atoms with Gasteiger partial charge in [-0.2, -0.15) is 0 Å². The van der Waals surface area contributed by atoms with E-state index in [0.29, 0.717) is 16.7 Å². The van der Waals surface area contributed by atoms with Crippen LogP contribution in [0.5, 0.6) is 0 Å². The highest BCUT2D eigenvalue weighted by molar-refractivity contribution is 5.93. The minimum Gasteiger partial charge on any atom is -0.458 e. The zero-order valence-corrected chi connectivity index (χ0v) is 22.3. The Kier molecular flexibility index (Phi) is 6.38. The van der Waals surface area contributed by atoms with E-state index >= 15 is 0 Å². The molecule has 1 heterocycles. The van der Waals surface area contributed by atoms with E-state index in [1.807, 2.05) is 13.8 Å². The normalized spacial score (nSPS) is 41.6. The lowest BCUT2D eigenvalue weighted by molar-refractivity contribution is -0.335. The van der Waals surface area contributed by atoms with Crippen LogP contribution in [0.4, 0.5) is 0 Å². The standard InChI is InChI=1S/C29H36O9/c1-14-18(31)11-17-23(37-26(35)16-9-7-6-8-10-16)24-28(5,25(34)22(33)21(14)27(17,3)4)19(32)12-20-29(24,13-36-20)38-15(2)30/h6-10,17-20,22-24,31-33H,11-13H2,1-5H3/t17?,18-,19-,20+,22+,23?,24?,28+,29-/m0/s1. The van der Waals surface area contributed by atoms with Gasteiger partial charge < -0.3 is 29.5 Å². The Morgan fingerprint density at radius 3 is 2.29 bits per heavy atom. The first-order chi connectivity index (χ1) is 17.8. The summed E-state index contributed by atoms with van der Waals surface area (Å²) >= 11 is 0. The second kappa shape index (κ2) is 8.98. The van der Waals surface area contributed by atoms with E-state index in [-0.39, 0.29) is 19.4 Å². The molecule has 0 amide bonds. The molecule has 0 radical (unpaired) electrons. The van der Waals surface area contributed by atoms with Crippen molar-refractivity contribution >= 4 is 17.7 Å². The van der Waals surface area contributed by atoms with Crippen molar-refractivity contribution in [3.63, 3.8) is 0 Å². The van der Waals surface area contributed by atoms with E-state index in [9.17, 15) is 29.7 Å². The van der Waals surface area contributed by atoms with E-state index < -0.39 is 76.5 Å². The number of ketones is 1. The van der Waals surface area contributed by atoms with Crippen LogP contribution >= 0.6 is 0 Å². The SMILES string of the molecule is CC(=O)O[C@@]12CO[C@@H]1C[C@H](O)[C@@]1(C)C(=O)[C@H](O)C3=C(C)[C@@H](O)CC(C(OC(=O)c4ccccc4)C12)C3(C)C. The van der Waals surface area contributed by atoms with Gasteiger partial charge in [0.2, 0.25) is 0 Å². The van der Waals surface area contributed by atoms with Crippen LogP contribution in [0, 0.1) is 22.7 Å². The molecule has 9 atom stereocenters. The van der Waals surface area contributed by atoms with Crippen LogP contribution in [0.15, 0.2) is 41.5 Å². The van der Waals surface area contributed by atoms with Crippen molar-refractivity contribution < 1.29 is 43.9 Å². The predicted octanol–water partition coefficient (Wildman–Crippen LogP) is 1.97. The van der Waals surface area contributed by atoms with Crippen molar-refractivity contribution in [2.75, 3.05) is 6.61 Å². The average Bonchev–Trinajstić information content (AvgIpc) is 2.85. The van der Waals surface area contributed by atoms with Crippen molar-refractivity contribution in [1.29, 1.82) is 0 Å². The minimum atomic E-state index is -1.65. The highest BCUT2D eigenvalue weighted by Crippen LogP contribution is 2.62. The van der Waals surface area contributed by atoms with Crippen LogP contribution in [-0.2, 0) is 23.8 Å². The minimum absolute atomic E-state index is 0.00675. The lowest BCUT2D eigenvalue weighted by atomic mass is 9.46. The van der Waals surface area contributed by atoms with Gasteiger partial charge in [-0.15, -0.1) is 0 Å². The number of benzene rings is 1. The Morgan fingerprint density at radius 1 is 1.05 bits per heavy atom. The number of esters is 2. The number of rotatable bonds is 3. The number of aliphatic hydroxyl groups is 3. The van der Waals surface area contributed by atoms with E-state index in [4.69, 9.17) is 14.2 Å². The molecule has 1 aliphatic heterocycles. The third-order valence-electron chi connectivity index (χ3n) is 9.74. The smallest absolute Gasteiger partial charge is 0.338 e. The largest absolute Gasteiger partial charge is 0.458 e. The Hall–Kier alpha value is -2.59. The first kappa shape index (κ1) is 27.0. The maximum atomic E-state index is 14.3. The summed E-state index contributed by atoms with van der Waals surface area (Å²) in [6.45, 7) is 8.17. The number of carbonyl (C=O) groups excluding carboxylic acids is 3. The maximum Gasteiger partial charge on any atom is 0.338 e. The Labute approximate surface area is 221 Å².